The zero-order valence-electron chi connectivity index (χ0n) is 13.2. The topological polar surface area (TPSA) is 59.3 Å². The molecule has 0 aliphatic heterocycles. The van der Waals surface area contributed by atoms with Gasteiger partial charge >= 0.3 is 5.97 Å². The molecule has 4 rings (SSSR count). The van der Waals surface area contributed by atoms with Crippen LogP contribution < -0.4 is 0 Å². The Morgan fingerprint density at radius 2 is 1.79 bits per heavy atom. The second-order valence-corrected chi connectivity index (χ2v) is 6.16. The minimum Gasteiger partial charge on any atom is -0.478 e. The minimum atomic E-state index is -0.924. The van der Waals surface area contributed by atoms with E-state index < -0.39 is 5.97 Å². The fraction of sp³-hybridized carbons (Fsp3) is 0.200. The van der Waals surface area contributed by atoms with Crippen LogP contribution in [-0.4, -0.2) is 21.4 Å². The van der Waals surface area contributed by atoms with Crippen LogP contribution >= 0.6 is 0 Å². The molecule has 3 aromatic rings. The van der Waals surface area contributed by atoms with E-state index in [1.54, 1.807) is 12.1 Å². The normalized spacial score (nSPS) is 13.9. The molecule has 1 aliphatic carbocycles. The number of Topliss-reactive ketones (excluding diaryl/α,β-unsaturated/α-hetero) is 1. The highest BCUT2D eigenvalue weighted by atomic mass is 16.4. The van der Waals surface area contributed by atoms with Gasteiger partial charge in [0.25, 0.3) is 0 Å². The molecule has 1 aliphatic rings. The highest BCUT2D eigenvalue weighted by molar-refractivity contribution is 6.10. The van der Waals surface area contributed by atoms with Crippen molar-refractivity contribution in [3.8, 4) is 0 Å². The Bertz CT molecular complexity index is 968. The number of rotatable bonds is 3. The lowest BCUT2D eigenvalue weighted by Gasteiger charge is -2.16. The Balaban J connectivity index is 1.92. The maximum Gasteiger partial charge on any atom is 0.336 e. The van der Waals surface area contributed by atoms with Crippen molar-refractivity contribution in [3.63, 3.8) is 0 Å². The van der Waals surface area contributed by atoms with Crippen molar-refractivity contribution in [2.24, 2.45) is 0 Å². The molecule has 0 saturated carbocycles. The summed E-state index contributed by atoms with van der Waals surface area (Å²) in [6.07, 6.45) is 2.29. The second kappa shape index (κ2) is 5.64. The zero-order valence-corrected chi connectivity index (χ0v) is 13.2. The number of hydrogen-bond acceptors (Lipinski definition) is 2. The second-order valence-electron chi connectivity index (χ2n) is 6.16. The number of ketones is 1. The van der Waals surface area contributed by atoms with Crippen molar-refractivity contribution in [2.45, 2.75) is 25.8 Å². The number of aromatic carboxylic acids is 1. The highest BCUT2D eigenvalue weighted by Gasteiger charge is 2.26. The van der Waals surface area contributed by atoms with E-state index in [9.17, 15) is 14.7 Å². The summed E-state index contributed by atoms with van der Waals surface area (Å²) in [7, 11) is 0. The number of carboxylic acids is 1. The molecular weight excluding hydrogens is 302 g/mol. The van der Waals surface area contributed by atoms with Crippen LogP contribution in [0.15, 0.2) is 48.5 Å². The Hall–Kier alpha value is -2.88. The zero-order chi connectivity index (χ0) is 16.7. The van der Waals surface area contributed by atoms with Crippen molar-refractivity contribution in [3.05, 3.63) is 70.9 Å². The molecule has 1 N–H and O–H groups in total. The summed E-state index contributed by atoms with van der Waals surface area (Å²) >= 11 is 0. The Morgan fingerprint density at radius 1 is 1.04 bits per heavy atom. The van der Waals surface area contributed by atoms with E-state index in [2.05, 4.69) is 4.57 Å². The highest BCUT2D eigenvalue weighted by Crippen LogP contribution is 2.33. The largest absolute Gasteiger partial charge is 0.478 e. The van der Waals surface area contributed by atoms with Crippen molar-refractivity contribution >= 4 is 22.7 Å². The molecule has 4 heteroatoms. The fourth-order valence-corrected chi connectivity index (χ4v) is 3.69. The molecule has 120 valence electrons. The van der Waals surface area contributed by atoms with Crippen molar-refractivity contribution in [2.75, 3.05) is 0 Å². The van der Waals surface area contributed by atoms with Gasteiger partial charge in [0.1, 0.15) is 0 Å². The number of carboxylic acid groups (broad SMARTS) is 1. The molecule has 2 aromatic carbocycles. The first-order chi connectivity index (χ1) is 11.7. The number of para-hydroxylation sites is 1. The van der Waals surface area contributed by atoms with Crippen molar-refractivity contribution < 1.29 is 14.7 Å². The number of aromatic nitrogens is 1. The molecule has 0 amide bonds. The molecule has 0 unspecified atom stereocenters. The Morgan fingerprint density at radius 3 is 2.62 bits per heavy atom. The van der Waals surface area contributed by atoms with Gasteiger partial charge in [-0.3, -0.25) is 4.79 Å². The van der Waals surface area contributed by atoms with Gasteiger partial charge in [0, 0.05) is 35.1 Å². The van der Waals surface area contributed by atoms with Gasteiger partial charge in [-0.05, 0) is 30.5 Å². The smallest absolute Gasteiger partial charge is 0.336 e. The summed E-state index contributed by atoms with van der Waals surface area (Å²) < 4.78 is 2.11. The Kier molecular flexibility index (Phi) is 3.45. The van der Waals surface area contributed by atoms with Crippen LogP contribution in [0, 0.1) is 0 Å². The van der Waals surface area contributed by atoms with Crippen LogP contribution in [0.3, 0.4) is 0 Å². The molecule has 0 atom stereocenters. The maximum atomic E-state index is 12.4. The minimum absolute atomic E-state index is 0.192. The number of fused-ring (bicyclic) bond motifs is 3. The molecular formula is C20H17NO3. The van der Waals surface area contributed by atoms with E-state index in [-0.39, 0.29) is 5.78 Å². The third-order valence-electron chi connectivity index (χ3n) is 4.75. The monoisotopic (exact) mass is 319 g/mol. The molecule has 4 nitrogen and oxygen atoms in total. The van der Waals surface area contributed by atoms with Crippen LogP contribution in [0.5, 0.6) is 0 Å². The van der Waals surface area contributed by atoms with E-state index in [4.69, 9.17) is 0 Å². The van der Waals surface area contributed by atoms with Crippen LogP contribution in [0.1, 0.15) is 44.8 Å². The maximum absolute atomic E-state index is 12.4. The molecule has 24 heavy (non-hydrogen) atoms. The number of nitrogens with zero attached hydrogens (tertiary/aromatic N) is 1. The van der Waals surface area contributed by atoms with Gasteiger partial charge < -0.3 is 9.67 Å². The van der Waals surface area contributed by atoms with Gasteiger partial charge in [-0.15, -0.1) is 0 Å². The van der Waals surface area contributed by atoms with Crippen LogP contribution in [0.4, 0.5) is 0 Å². The molecule has 0 bridgehead atoms. The van der Waals surface area contributed by atoms with E-state index in [0.29, 0.717) is 18.5 Å². The van der Waals surface area contributed by atoms with Crippen LogP contribution in [0.25, 0.3) is 10.9 Å². The first-order valence-electron chi connectivity index (χ1n) is 8.11. The number of carbonyl (C=O) groups excluding carboxylic acids is 1. The lowest BCUT2D eigenvalue weighted by Crippen LogP contribution is -2.15. The SMILES string of the molecule is O=C(O)c1ccccc1Cn1c2c(c3ccccc31)C(=O)CCC2. The van der Waals surface area contributed by atoms with Gasteiger partial charge in [-0.25, -0.2) is 4.79 Å². The predicted molar refractivity (Wildman–Crippen MR) is 91.7 cm³/mol. The lowest BCUT2D eigenvalue weighted by molar-refractivity contribution is 0.0695. The summed E-state index contributed by atoms with van der Waals surface area (Å²) in [5.74, 6) is -0.732. The van der Waals surface area contributed by atoms with Gasteiger partial charge in [0.15, 0.2) is 5.78 Å². The fourth-order valence-electron chi connectivity index (χ4n) is 3.69. The first kappa shape index (κ1) is 14.7. The standard InChI is InChI=1S/C20H17NO3/c22-18-11-5-10-17-19(18)15-8-3-4-9-16(15)21(17)12-13-6-1-2-7-14(13)20(23)24/h1-4,6-9H,5,10-12H2,(H,23,24). The van der Waals surface area contributed by atoms with Gasteiger partial charge in [-0.2, -0.15) is 0 Å². The summed E-state index contributed by atoms with van der Waals surface area (Å²) in [6.45, 7) is 0.464. The number of hydrogen-bond donors (Lipinski definition) is 1. The van der Waals surface area contributed by atoms with Crippen LogP contribution in [-0.2, 0) is 13.0 Å². The molecule has 1 heterocycles. The number of benzene rings is 2. The average Bonchev–Trinajstić information content (AvgIpc) is 2.91. The van der Waals surface area contributed by atoms with Gasteiger partial charge in [0.05, 0.1) is 5.56 Å². The van der Waals surface area contributed by atoms with E-state index >= 15 is 0 Å². The first-order valence-corrected chi connectivity index (χ1v) is 8.11. The number of carbonyl (C=O) groups is 2. The van der Waals surface area contributed by atoms with E-state index in [1.165, 1.54) is 0 Å². The lowest BCUT2D eigenvalue weighted by atomic mass is 9.94. The van der Waals surface area contributed by atoms with Crippen molar-refractivity contribution in [1.82, 2.24) is 4.57 Å². The Labute approximate surface area is 139 Å². The van der Waals surface area contributed by atoms with E-state index in [0.717, 1.165) is 40.6 Å². The van der Waals surface area contributed by atoms with Gasteiger partial charge in [0.2, 0.25) is 0 Å². The quantitative estimate of drug-likeness (QED) is 0.796. The summed E-state index contributed by atoms with van der Waals surface area (Å²) in [5, 5.41) is 10.4. The van der Waals surface area contributed by atoms with Crippen LogP contribution in [0.2, 0.25) is 0 Å². The van der Waals surface area contributed by atoms with Crippen molar-refractivity contribution in [1.29, 1.82) is 0 Å². The third-order valence-corrected chi connectivity index (χ3v) is 4.75. The van der Waals surface area contributed by atoms with Gasteiger partial charge in [-0.1, -0.05) is 36.4 Å². The third kappa shape index (κ3) is 2.22. The molecule has 0 fully saturated rings. The molecule has 0 spiro atoms. The summed E-state index contributed by atoms with van der Waals surface area (Å²) in [4.78, 5) is 23.9. The summed E-state index contributed by atoms with van der Waals surface area (Å²) in [6, 6.07) is 14.9. The molecule has 0 radical (unpaired) electrons. The van der Waals surface area contributed by atoms with E-state index in [1.807, 2.05) is 36.4 Å². The molecule has 1 aromatic heterocycles. The average molecular weight is 319 g/mol. The molecule has 0 saturated heterocycles. The predicted octanol–water partition coefficient (Wildman–Crippen LogP) is 3.91. The summed E-state index contributed by atoms with van der Waals surface area (Å²) in [5.41, 5.74) is 3.92.